The molecule has 0 unspecified atom stereocenters. The number of nitrogens with one attached hydrogen (secondary N) is 2. The second-order valence-corrected chi connectivity index (χ2v) is 8.54. The molecule has 10 heteroatoms. The SMILES string of the molecule is NC(N)=NCCC[C@@H](NC(=O)c1ccc2ccccc2c1)C(=O)NCc1cc(Cl)c(N)c(Cl)c1. The average molecular weight is 501 g/mol. The molecule has 8 N–H and O–H groups in total. The van der Waals surface area contributed by atoms with E-state index in [-0.39, 0.29) is 30.0 Å². The third-order valence-corrected chi connectivity index (χ3v) is 5.81. The standard InChI is InChI=1S/C24H26Cl2N6O2/c25-18-10-14(11-19(26)21(18)27)13-31-23(34)20(6-3-9-30-24(28)29)32-22(33)17-8-7-15-4-1-2-5-16(15)12-17/h1-2,4-5,7-8,10-12,20H,3,6,9,13,27H2,(H,31,34)(H,32,33)(H4,28,29,30)/t20-/m1/s1. The number of anilines is 1. The molecular formula is C24H26Cl2N6O2. The molecule has 1 atom stereocenters. The smallest absolute Gasteiger partial charge is 0.251 e. The normalized spacial score (nSPS) is 11.6. The molecular weight excluding hydrogens is 475 g/mol. The summed E-state index contributed by atoms with van der Waals surface area (Å²) < 4.78 is 0. The van der Waals surface area contributed by atoms with Gasteiger partial charge in [0.2, 0.25) is 5.91 Å². The molecule has 3 aromatic rings. The number of carbonyl (C=O) groups is 2. The molecule has 3 rings (SSSR count). The first-order chi connectivity index (χ1) is 16.2. The fourth-order valence-corrected chi connectivity index (χ4v) is 3.93. The molecule has 0 heterocycles. The molecule has 34 heavy (non-hydrogen) atoms. The van der Waals surface area contributed by atoms with E-state index in [9.17, 15) is 9.59 Å². The van der Waals surface area contributed by atoms with E-state index in [1.165, 1.54) is 0 Å². The Morgan fingerprint density at radius 1 is 0.971 bits per heavy atom. The van der Waals surface area contributed by atoms with E-state index in [0.29, 0.717) is 40.6 Å². The van der Waals surface area contributed by atoms with Gasteiger partial charge in [0.25, 0.3) is 5.91 Å². The Bertz CT molecular complexity index is 1200. The average Bonchev–Trinajstić information content (AvgIpc) is 2.82. The number of nitrogens with zero attached hydrogens (tertiary/aromatic N) is 1. The molecule has 0 spiro atoms. The molecule has 178 valence electrons. The van der Waals surface area contributed by atoms with Gasteiger partial charge in [0.1, 0.15) is 6.04 Å². The third-order valence-electron chi connectivity index (χ3n) is 5.18. The predicted octanol–water partition coefficient (Wildman–Crippen LogP) is 3.20. The number of aliphatic imine (C=N–C) groups is 1. The van der Waals surface area contributed by atoms with Gasteiger partial charge in [-0.15, -0.1) is 0 Å². The number of benzene rings is 3. The first-order valence-corrected chi connectivity index (χ1v) is 11.4. The van der Waals surface area contributed by atoms with E-state index in [0.717, 1.165) is 10.8 Å². The highest BCUT2D eigenvalue weighted by atomic mass is 35.5. The summed E-state index contributed by atoms with van der Waals surface area (Å²) in [4.78, 5) is 29.8. The van der Waals surface area contributed by atoms with Crippen molar-refractivity contribution in [1.82, 2.24) is 10.6 Å². The van der Waals surface area contributed by atoms with Crippen LogP contribution in [0.1, 0.15) is 28.8 Å². The number of guanidine groups is 1. The first kappa shape index (κ1) is 25.1. The van der Waals surface area contributed by atoms with Crippen molar-refractivity contribution in [3.8, 4) is 0 Å². The van der Waals surface area contributed by atoms with Gasteiger partial charge in [-0.05, 0) is 53.4 Å². The van der Waals surface area contributed by atoms with Crippen LogP contribution < -0.4 is 27.8 Å². The van der Waals surface area contributed by atoms with E-state index in [2.05, 4.69) is 15.6 Å². The van der Waals surface area contributed by atoms with Crippen LogP contribution in [0.4, 0.5) is 5.69 Å². The number of amides is 2. The Labute approximate surface area is 207 Å². The van der Waals surface area contributed by atoms with E-state index < -0.39 is 6.04 Å². The van der Waals surface area contributed by atoms with Crippen LogP contribution in [-0.2, 0) is 11.3 Å². The minimum absolute atomic E-state index is 0.0293. The number of nitrogens with two attached hydrogens (primary N) is 3. The van der Waals surface area contributed by atoms with E-state index in [1.807, 2.05) is 30.3 Å². The van der Waals surface area contributed by atoms with Crippen LogP contribution in [0, 0.1) is 0 Å². The fourth-order valence-electron chi connectivity index (χ4n) is 3.40. The molecule has 0 saturated carbocycles. The molecule has 0 aliphatic rings. The lowest BCUT2D eigenvalue weighted by Gasteiger charge is -2.19. The zero-order valence-corrected chi connectivity index (χ0v) is 19.9. The summed E-state index contributed by atoms with van der Waals surface area (Å²) in [5, 5.41) is 8.19. The largest absolute Gasteiger partial charge is 0.396 e. The Balaban J connectivity index is 1.71. The maximum absolute atomic E-state index is 13.0. The number of fused-ring (bicyclic) bond motifs is 1. The Kier molecular flexibility index (Phi) is 8.56. The lowest BCUT2D eigenvalue weighted by molar-refractivity contribution is -0.123. The van der Waals surface area contributed by atoms with Crippen LogP contribution in [0.25, 0.3) is 10.8 Å². The van der Waals surface area contributed by atoms with Crippen LogP contribution in [0.15, 0.2) is 59.6 Å². The van der Waals surface area contributed by atoms with E-state index in [1.54, 1.807) is 24.3 Å². The molecule has 0 bridgehead atoms. The summed E-state index contributed by atoms with van der Waals surface area (Å²) in [7, 11) is 0. The van der Waals surface area contributed by atoms with Gasteiger partial charge < -0.3 is 27.8 Å². The molecule has 0 aliphatic heterocycles. The summed E-state index contributed by atoms with van der Waals surface area (Å²) in [6.07, 6.45) is 0.832. The second-order valence-electron chi connectivity index (χ2n) is 7.73. The summed E-state index contributed by atoms with van der Waals surface area (Å²) in [6.45, 7) is 0.496. The summed E-state index contributed by atoms with van der Waals surface area (Å²) in [5.74, 6) is -0.743. The number of rotatable bonds is 9. The fraction of sp³-hybridized carbons (Fsp3) is 0.208. The maximum Gasteiger partial charge on any atom is 0.251 e. The van der Waals surface area contributed by atoms with Gasteiger partial charge in [-0.25, -0.2) is 0 Å². The molecule has 0 fully saturated rings. The lowest BCUT2D eigenvalue weighted by atomic mass is 10.1. The number of nitrogen functional groups attached to an aromatic ring is 1. The third kappa shape index (κ3) is 6.76. The number of halogens is 2. The van der Waals surface area contributed by atoms with Crippen molar-refractivity contribution < 1.29 is 9.59 Å². The van der Waals surface area contributed by atoms with E-state index in [4.69, 9.17) is 40.4 Å². The van der Waals surface area contributed by atoms with Gasteiger partial charge in [-0.3, -0.25) is 14.6 Å². The predicted molar refractivity (Wildman–Crippen MR) is 138 cm³/mol. The highest BCUT2D eigenvalue weighted by Crippen LogP contribution is 2.28. The summed E-state index contributed by atoms with van der Waals surface area (Å²) in [5.41, 5.74) is 17.9. The van der Waals surface area contributed by atoms with Crippen LogP contribution in [0.5, 0.6) is 0 Å². The van der Waals surface area contributed by atoms with Crippen molar-refractivity contribution >= 4 is 57.4 Å². The highest BCUT2D eigenvalue weighted by Gasteiger charge is 2.21. The lowest BCUT2D eigenvalue weighted by Crippen LogP contribution is -2.46. The van der Waals surface area contributed by atoms with Gasteiger partial charge in [0.15, 0.2) is 5.96 Å². The Hall–Kier alpha value is -3.49. The number of carbonyl (C=O) groups excluding carboxylic acids is 2. The Morgan fingerprint density at radius 3 is 2.32 bits per heavy atom. The van der Waals surface area contributed by atoms with Gasteiger partial charge in [0.05, 0.1) is 15.7 Å². The zero-order chi connectivity index (χ0) is 24.7. The van der Waals surface area contributed by atoms with Crippen molar-refractivity contribution in [1.29, 1.82) is 0 Å². The Morgan fingerprint density at radius 2 is 1.65 bits per heavy atom. The molecule has 2 amide bonds. The number of hydrogen-bond acceptors (Lipinski definition) is 4. The van der Waals surface area contributed by atoms with Crippen LogP contribution in [0.3, 0.4) is 0 Å². The quantitative estimate of drug-likeness (QED) is 0.132. The molecule has 0 saturated heterocycles. The molecule has 0 aliphatic carbocycles. The van der Waals surface area contributed by atoms with Gasteiger partial charge in [0, 0.05) is 18.7 Å². The van der Waals surface area contributed by atoms with Crippen molar-refractivity contribution in [2.75, 3.05) is 12.3 Å². The maximum atomic E-state index is 13.0. The molecule has 3 aromatic carbocycles. The zero-order valence-electron chi connectivity index (χ0n) is 18.4. The summed E-state index contributed by atoms with van der Waals surface area (Å²) >= 11 is 12.1. The van der Waals surface area contributed by atoms with Crippen LogP contribution in [0.2, 0.25) is 10.0 Å². The molecule has 0 aromatic heterocycles. The van der Waals surface area contributed by atoms with Crippen molar-refractivity contribution in [3.63, 3.8) is 0 Å². The minimum atomic E-state index is -0.798. The first-order valence-electron chi connectivity index (χ1n) is 10.6. The molecule has 8 nitrogen and oxygen atoms in total. The van der Waals surface area contributed by atoms with Gasteiger partial charge in [-0.1, -0.05) is 53.5 Å². The monoisotopic (exact) mass is 500 g/mol. The van der Waals surface area contributed by atoms with E-state index >= 15 is 0 Å². The topological polar surface area (TPSA) is 149 Å². The van der Waals surface area contributed by atoms with Crippen molar-refractivity contribution in [2.24, 2.45) is 16.5 Å². The van der Waals surface area contributed by atoms with Gasteiger partial charge >= 0.3 is 0 Å². The van der Waals surface area contributed by atoms with Crippen molar-refractivity contribution in [3.05, 3.63) is 75.8 Å². The van der Waals surface area contributed by atoms with Crippen LogP contribution in [-0.4, -0.2) is 30.4 Å². The molecule has 0 radical (unpaired) electrons. The summed E-state index contributed by atoms with van der Waals surface area (Å²) in [6, 6.07) is 15.6. The number of hydrogen-bond donors (Lipinski definition) is 5. The second kappa shape index (κ2) is 11.6. The van der Waals surface area contributed by atoms with Gasteiger partial charge in [-0.2, -0.15) is 0 Å². The minimum Gasteiger partial charge on any atom is -0.396 e. The van der Waals surface area contributed by atoms with Crippen LogP contribution >= 0.6 is 23.2 Å². The van der Waals surface area contributed by atoms with Crippen molar-refractivity contribution in [2.45, 2.75) is 25.4 Å². The highest BCUT2D eigenvalue weighted by molar-refractivity contribution is 6.38.